The zero-order valence-corrected chi connectivity index (χ0v) is 14.5. The molecule has 118 valence electrons. The Morgan fingerprint density at radius 1 is 1.17 bits per heavy atom. The number of carbonyl (C=O) groups excluding carboxylic acids is 1. The number of aromatic nitrogens is 2. The van der Waals surface area contributed by atoms with Crippen molar-refractivity contribution in [3.63, 3.8) is 0 Å². The first-order chi connectivity index (χ1) is 11.1. The molecule has 3 aromatic rings. The van der Waals surface area contributed by atoms with Gasteiger partial charge < -0.3 is 4.74 Å². The van der Waals surface area contributed by atoms with Crippen molar-refractivity contribution in [1.29, 1.82) is 0 Å². The fourth-order valence-electron chi connectivity index (χ4n) is 2.03. The highest BCUT2D eigenvalue weighted by Gasteiger charge is 2.17. The summed E-state index contributed by atoms with van der Waals surface area (Å²) in [5.41, 5.74) is 2.57. The van der Waals surface area contributed by atoms with Crippen molar-refractivity contribution in [1.82, 2.24) is 9.97 Å². The van der Waals surface area contributed by atoms with Gasteiger partial charge in [-0.1, -0.05) is 0 Å². The van der Waals surface area contributed by atoms with E-state index in [4.69, 9.17) is 4.74 Å². The van der Waals surface area contributed by atoms with Gasteiger partial charge in [-0.25, -0.2) is 9.97 Å². The molecule has 0 radical (unpaired) electrons. The average Bonchev–Trinajstić information content (AvgIpc) is 3.13. The van der Waals surface area contributed by atoms with E-state index in [-0.39, 0.29) is 5.91 Å². The number of benzene rings is 1. The highest BCUT2D eigenvalue weighted by atomic mass is 32.1. The van der Waals surface area contributed by atoms with Gasteiger partial charge in [-0.15, -0.1) is 22.7 Å². The van der Waals surface area contributed by atoms with Crippen LogP contribution in [0.15, 0.2) is 29.6 Å². The topological polar surface area (TPSA) is 64.1 Å². The number of rotatable bonds is 4. The predicted octanol–water partition coefficient (Wildman–Crippen LogP) is 4.14. The van der Waals surface area contributed by atoms with E-state index in [9.17, 15) is 4.79 Å². The Morgan fingerprint density at radius 2 is 1.91 bits per heavy atom. The average molecular weight is 345 g/mol. The monoisotopic (exact) mass is 345 g/mol. The standard InChI is InChI=1S/C16H15N3O2S2/c1-9-8-22-16(17-9)19-14(20)13-10(2)18-15(23-13)11-4-6-12(21-3)7-5-11/h4-8H,1-3H3,(H,17,19,20). The molecule has 1 N–H and O–H groups in total. The van der Waals surface area contributed by atoms with E-state index in [0.29, 0.717) is 15.7 Å². The molecular formula is C16H15N3O2S2. The number of anilines is 1. The minimum Gasteiger partial charge on any atom is -0.497 e. The maximum Gasteiger partial charge on any atom is 0.269 e. The normalized spacial score (nSPS) is 10.6. The van der Waals surface area contributed by atoms with Gasteiger partial charge in [0, 0.05) is 10.9 Å². The van der Waals surface area contributed by atoms with Gasteiger partial charge in [0.15, 0.2) is 5.13 Å². The van der Waals surface area contributed by atoms with Crippen LogP contribution in [0.1, 0.15) is 21.1 Å². The molecule has 3 rings (SSSR count). The second kappa shape index (κ2) is 6.47. The number of aryl methyl sites for hydroxylation is 2. The molecule has 0 aliphatic rings. The highest BCUT2D eigenvalue weighted by molar-refractivity contribution is 7.17. The van der Waals surface area contributed by atoms with Crippen LogP contribution in [0.25, 0.3) is 10.6 Å². The Bertz CT molecular complexity index is 837. The lowest BCUT2D eigenvalue weighted by Gasteiger charge is -2.00. The Labute approximate surface area is 142 Å². The molecule has 0 aliphatic carbocycles. The van der Waals surface area contributed by atoms with E-state index < -0.39 is 0 Å². The van der Waals surface area contributed by atoms with E-state index in [1.165, 1.54) is 22.7 Å². The van der Waals surface area contributed by atoms with Crippen LogP contribution in [0.4, 0.5) is 5.13 Å². The van der Waals surface area contributed by atoms with Gasteiger partial charge in [0.05, 0.1) is 18.5 Å². The first-order valence-corrected chi connectivity index (χ1v) is 8.62. The molecule has 0 aliphatic heterocycles. The zero-order chi connectivity index (χ0) is 16.4. The summed E-state index contributed by atoms with van der Waals surface area (Å²) in [6.45, 7) is 3.73. The summed E-state index contributed by atoms with van der Waals surface area (Å²) < 4.78 is 5.15. The molecule has 1 aromatic carbocycles. The van der Waals surface area contributed by atoms with E-state index in [2.05, 4.69) is 15.3 Å². The molecule has 2 heterocycles. The molecule has 0 atom stereocenters. The molecule has 2 aromatic heterocycles. The van der Waals surface area contributed by atoms with Gasteiger partial charge in [0.1, 0.15) is 15.6 Å². The smallest absolute Gasteiger partial charge is 0.269 e. The second-order valence-electron chi connectivity index (χ2n) is 4.91. The fraction of sp³-hybridized carbons (Fsp3) is 0.188. The Balaban J connectivity index is 1.83. The number of methoxy groups -OCH3 is 1. The molecule has 0 saturated carbocycles. The molecule has 0 unspecified atom stereocenters. The van der Waals surface area contributed by atoms with E-state index in [1.54, 1.807) is 7.11 Å². The number of nitrogens with zero attached hydrogens (tertiary/aromatic N) is 2. The van der Waals surface area contributed by atoms with Crippen molar-refractivity contribution < 1.29 is 9.53 Å². The molecule has 23 heavy (non-hydrogen) atoms. The summed E-state index contributed by atoms with van der Waals surface area (Å²) in [7, 11) is 1.63. The Hall–Kier alpha value is -2.25. The SMILES string of the molecule is COc1ccc(-c2nc(C)c(C(=O)Nc3nc(C)cs3)s2)cc1. The van der Waals surface area contributed by atoms with Crippen LogP contribution in [0.3, 0.4) is 0 Å². The zero-order valence-electron chi connectivity index (χ0n) is 12.9. The predicted molar refractivity (Wildman–Crippen MR) is 93.6 cm³/mol. The Morgan fingerprint density at radius 3 is 2.52 bits per heavy atom. The number of nitrogens with one attached hydrogen (secondary N) is 1. The van der Waals surface area contributed by atoms with Crippen LogP contribution >= 0.6 is 22.7 Å². The third-order valence-electron chi connectivity index (χ3n) is 3.18. The molecular weight excluding hydrogens is 330 g/mol. The number of hydrogen-bond donors (Lipinski definition) is 1. The summed E-state index contributed by atoms with van der Waals surface area (Å²) >= 11 is 2.79. The van der Waals surface area contributed by atoms with Gasteiger partial charge in [0.25, 0.3) is 5.91 Å². The molecule has 7 heteroatoms. The van der Waals surface area contributed by atoms with Crippen molar-refractivity contribution >= 4 is 33.7 Å². The lowest BCUT2D eigenvalue weighted by molar-refractivity contribution is 0.103. The minimum absolute atomic E-state index is 0.172. The second-order valence-corrected chi connectivity index (χ2v) is 6.77. The number of hydrogen-bond acceptors (Lipinski definition) is 6. The maximum absolute atomic E-state index is 12.4. The van der Waals surface area contributed by atoms with E-state index in [1.807, 2.05) is 43.5 Å². The summed E-state index contributed by atoms with van der Waals surface area (Å²) in [5, 5.41) is 6.14. The van der Waals surface area contributed by atoms with Gasteiger partial charge in [-0.05, 0) is 38.1 Å². The van der Waals surface area contributed by atoms with Crippen molar-refractivity contribution in [2.75, 3.05) is 12.4 Å². The molecule has 5 nitrogen and oxygen atoms in total. The number of carbonyl (C=O) groups is 1. The molecule has 0 saturated heterocycles. The molecule has 0 spiro atoms. The molecule has 0 bridgehead atoms. The largest absolute Gasteiger partial charge is 0.497 e. The summed E-state index contributed by atoms with van der Waals surface area (Å²) in [4.78, 5) is 21.7. The first-order valence-electron chi connectivity index (χ1n) is 6.92. The van der Waals surface area contributed by atoms with Crippen LogP contribution < -0.4 is 10.1 Å². The third kappa shape index (κ3) is 3.40. The summed E-state index contributed by atoms with van der Waals surface area (Å²) in [5.74, 6) is 0.619. The Kier molecular flexibility index (Phi) is 4.40. The highest BCUT2D eigenvalue weighted by Crippen LogP contribution is 2.30. The first kappa shape index (κ1) is 15.6. The molecule has 1 amide bonds. The van der Waals surface area contributed by atoms with Gasteiger partial charge in [0.2, 0.25) is 0 Å². The van der Waals surface area contributed by atoms with Gasteiger partial charge >= 0.3 is 0 Å². The summed E-state index contributed by atoms with van der Waals surface area (Å²) in [6, 6.07) is 7.63. The summed E-state index contributed by atoms with van der Waals surface area (Å²) in [6.07, 6.45) is 0. The fourth-order valence-corrected chi connectivity index (χ4v) is 3.68. The third-order valence-corrected chi connectivity index (χ3v) is 5.26. The van der Waals surface area contributed by atoms with Crippen LogP contribution in [-0.4, -0.2) is 23.0 Å². The maximum atomic E-state index is 12.4. The lowest BCUT2D eigenvalue weighted by atomic mass is 10.2. The van der Waals surface area contributed by atoms with Crippen molar-refractivity contribution in [3.8, 4) is 16.3 Å². The lowest BCUT2D eigenvalue weighted by Crippen LogP contribution is -2.11. The van der Waals surface area contributed by atoms with Crippen LogP contribution in [0.5, 0.6) is 5.75 Å². The van der Waals surface area contributed by atoms with E-state index in [0.717, 1.165) is 22.0 Å². The number of amides is 1. The number of thiazole rings is 2. The minimum atomic E-state index is -0.172. The van der Waals surface area contributed by atoms with Crippen molar-refractivity contribution in [2.24, 2.45) is 0 Å². The molecule has 0 fully saturated rings. The van der Waals surface area contributed by atoms with Crippen molar-refractivity contribution in [3.05, 3.63) is 45.9 Å². The van der Waals surface area contributed by atoms with Crippen LogP contribution in [0.2, 0.25) is 0 Å². The van der Waals surface area contributed by atoms with E-state index >= 15 is 0 Å². The quantitative estimate of drug-likeness (QED) is 0.772. The van der Waals surface area contributed by atoms with Crippen LogP contribution in [0, 0.1) is 13.8 Å². The van der Waals surface area contributed by atoms with Gasteiger partial charge in [-0.2, -0.15) is 0 Å². The van der Waals surface area contributed by atoms with Gasteiger partial charge in [-0.3, -0.25) is 10.1 Å². The van der Waals surface area contributed by atoms with Crippen LogP contribution in [-0.2, 0) is 0 Å². The number of ether oxygens (including phenoxy) is 1. The van der Waals surface area contributed by atoms with Crippen molar-refractivity contribution in [2.45, 2.75) is 13.8 Å².